The summed E-state index contributed by atoms with van der Waals surface area (Å²) < 4.78 is 29.1. The van der Waals surface area contributed by atoms with Gasteiger partial charge in [-0.05, 0) is 36.6 Å². The number of benzene rings is 1. The van der Waals surface area contributed by atoms with Gasteiger partial charge in [-0.3, -0.25) is 14.8 Å². The lowest BCUT2D eigenvalue weighted by atomic mass is 10.1. The van der Waals surface area contributed by atoms with E-state index in [0.29, 0.717) is 42.1 Å². The standard InChI is InChI=1S/C20H20N4O4S/c1-29(26,27)18-9-15(10-22-12-18)14-5-7-17(8-6-14)28-20-13-23-11-16(24-20)3-2-4-19(21)25/h5-13H,2-4H2,1H3,(H2,21,25). The maximum Gasteiger partial charge on any atom is 0.238 e. The number of hydrogen-bond donors (Lipinski definition) is 1. The molecule has 0 aliphatic carbocycles. The molecule has 1 amide bonds. The predicted molar refractivity (Wildman–Crippen MR) is 107 cm³/mol. The Morgan fingerprint density at radius 3 is 2.45 bits per heavy atom. The van der Waals surface area contributed by atoms with E-state index in [1.165, 1.54) is 12.4 Å². The van der Waals surface area contributed by atoms with Gasteiger partial charge in [0.15, 0.2) is 9.84 Å². The molecule has 0 radical (unpaired) electrons. The number of aryl methyl sites for hydroxylation is 1. The molecule has 29 heavy (non-hydrogen) atoms. The van der Waals surface area contributed by atoms with E-state index in [1.807, 2.05) is 12.1 Å². The van der Waals surface area contributed by atoms with Crippen molar-refractivity contribution in [1.82, 2.24) is 15.0 Å². The van der Waals surface area contributed by atoms with Crippen LogP contribution in [0.1, 0.15) is 18.5 Å². The van der Waals surface area contributed by atoms with Crippen LogP contribution in [0.3, 0.4) is 0 Å². The van der Waals surface area contributed by atoms with E-state index < -0.39 is 9.84 Å². The van der Waals surface area contributed by atoms with E-state index in [0.717, 1.165) is 11.8 Å². The molecule has 2 aromatic heterocycles. The normalized spacial score (nSPS) is 11.2. The van der Waals surface area contributed by atoms with E-state index in [4.69, 9.17) is 10.5 Å². The number of nitrogens with two attached hydrogens (primary N) is 1. The van der Waals surface area contributed by atoms with Crippen molar-refractivity contribution in [3.63, 3.8) is 0 Å². The van der Waals surface area contributed by atoms with Gasteiger partial charge in [-0.2, -0.15) is 0 Å². The summed E-state index contributed by atoms with van der Waals surface area (Å²) in [6.45, 7) is 0. The van der Waals surface area contributed by atoms with Gasteiger partial charge in [-0.15, -0.1) is 0 Å². The first-order valence-corrected chi connectivity index (χ1v) is 10.7. The molecule has 3 rings (SSSR count). The molecule has 0 aliphatic rings. The van der Waals surface area contributed by atoms with Crippen LogP contribution in [0.15, 0.2) is 60.0 Å². The zero-order chi connectivity index (χ0) is 20.9. The van der Waals surface area contributed by atoms with Crippen LogP contribution in [0.4, 0.5) is 0 Å². The number of nitrogens with zero attached hydrogens (tertiary/aromatic N) is 3. The first-order valence-electron chi connectivity index (χ1n) is 8.84. The molecule has 0 unspecified atom stereocenters. The van der Waals surface area contributed by atoms with Crippen LogP contribution >= 0.6 is 0 Å². The molecule has 150 valence electrons. The van der Waals surface area contributed by atoms with Crippen molar-refractivity contribution >= 4 is 15.7 Å². The maximum absolute atomic E-state index is 11.7. The minimum atomic E-state index is -3.33. The maximum atomic E-state index is 11.7. The van der Waals surface area contributed by atoms with Crippen LogP contribution in [-0.2, 0) is 21.1 Å². The van der Waals surface area contributed by atoms with Crippen molar-refractivity contribution in [2.45, 2.75) is 24.2 Å². The third-order valence-electron chi connectivity index (χ3n) is 4.07. The summed E-state index contributed by atoms with van der Waals surface area (Å²) in [5.74, 6) is 0.558. The van der Waals surface area contributed by atoms with E-state index >= 15 is 0 Å². The highest BCUT2D eigenvalue weighted by Crippen LogP contribution is 2.26. The summed E-state index contributed by atoms with van der Waals surface area (Å²) in [6, 6.07) is 8.71. The monoisotopic (exact) mass is 412 g/mol. The van der Waals surface area contributed by atoms with Gasteiger partial charge >= 0.3 is 0 Å². The first-order chi connectivity index (χ1) is 13.8. The number of ether oxygens (including phenoxy) is 1. The van der Waals surface area contributed by atoms with Crippen molar-refractivity contribution in [1.29, 1.82) is 0 Å². The lowest BCUT2D eigenvalue weighted by molar-refractivity contribution is -0.118. The molecular weight excluding hydrogens is 392 g/mol. The molecule has 0 spiro atoms. The Morgan fingerprint density at radius 1 is 1.03 bits per heavy atom. The Kier molecular flexibility index (Phi) is 6.18. The Bertz CT molecular complexity index is 1120. The molecule has 9 heteroatoms. The molecule has 1 aromatic carbocycles. The van der Waals surface area contributed by atoms with Crippen molar-refractivity contribution in [3.8, 4) is 22.8 Å². The highest BCUT2D eigenvalue weighted by atomic mass is 32.2. The van der Waals surface area contributed by atoms with Crippen LogP contribution in [0.25, 0.3) is 11.1 Å². The van der Waals surface area contributed by atoms with Gasteiger partial charge in [0.05, 0.1) is 16.8 Å². The van der Waals surface area contributed by atoms with Crippen LogP contribution < -0.4 is 10.5 Å². The number of aromatic nitrogens is 3. The minimum Gasteiger partial charge on any atom is -0.437 e. The van der Waals surface area contributed by atoms with Crippen molar-refractivity contribution in [3.05, 3.63) is 60.8 Å². The van der Waals surface area contributed by atoms with Gasteiger partial charge in [-0.25, -0.2) is 13.4 Å². The number of amides is 1. The van der Waals surface area contributed by atoms with E-state index in [-0.39, 0.29) is 10.8 Å². The number of hydrogen-bond acceptors (Lipinski definition) is 7. The van der Waals surface area contributed by atoms with Gasteiger partial charge in [0.25, 0.3) is 0 Å². The minimum absolute atomic E-state index is 0.166. The smallest absolute Gasteiger partial charge is 0.238 e. The fraction of sp³-hybridized carbons (Fsp3) is 0.200. The molecule has 0 fully saturated rings. The second-order valence-electron chi connectivity index (χ2n) is 6.48. The van der Waals surface area contributed by atoms with Gasteiger partial charge in [0.1, 0.15) is 5.75 Å². The van der Waals surface area contributed by atoms with Crippen LogP contribution in [0.2, 0.25) is 0 Å². The van der Waals surface area contributed by atoms with Crippen molar-refractivity contribution in [2.24, 2.45) is 5.73 Å². The zero-order valence-electron chi connectivity index (χ0n) is 15.8. The third-order valence-corrected chi connectivity index (χ3v) is 5.15. The molecule has 8 nitrogen and oxygen atoms in total. The Balaban J connectivity index is 1.71. The van der Waals surface area contributed by atoms with Gasteiger partial charge in [0.2, 0.25) is 11.8 Å². The molecular formula is C20H20N4O4S. The number of primary amides is 1. The number of pyridine rings is 1. The number of rotatable bonds is 8. The van der Waals surface area contributed by atoms with E-state index in [2.05, 4.69) is 15.0 Å². The second-order valence-corrected chi connectivity index (χ2v) is 8.49. The Labute approximate surface area is 168 Å². The van der Waals surface area contributed by atoms with Crippen molar-refractivity contribution in [2.75, 3.05) is 6.26 Å². The lowest BCUT2D eigenvalue weighted by Crippen LogP contribution is -2.10. The van der Waals surface area contributed by atoms with Crippen LogP contribution in [0.5, 0.6) is 11.6 Å². The molecule has 2 heterocycles. The van der Waals surface area contributed by atoms with Crippen molar-refractivity contribution < 1.29 is 17.9 Å². The molecule has 0 atom stereocenters. The largest absolute Gasteiger partial charge is 0.437 e. The second kappa shape index (κ2) is 8.78. The number of sulfone groups is 1. The molecule has 0 saturated carbocycles. The lowest BCUT2D eigenvalue weighted by Gasteiger charge is -2.08. The van der Waals surface area contributed by atoms with Gasteiger partial charge < -0.3 is 10.5 Å². The third kappa shape index (κ3) is 5.82. The first kappa shape index (κ1) is 20.4. The quantitative estimate of drug-likeness (QED) is 0.602. The fourth-order valence-electron chi connectivity index (χ4n) is 2.62. The summed E-state index contributed by atoms with van der Waals surface area (Å²) in [6.07, 6.45) is 8.68. The highest BCUT2D eigenvalue weighted by Gasteiger charge is 2.10. The van der Waals surface area contributed by atoms with E-state index in [1.54, 1.807) is 30.6 Å². The Morgan fingerprint density at radius 2 is 1.76 bits per heavy atom. The van der Waals surface area contributed by atoms with Gasteiger partial charge in [0, 0.05) is 36.8 Å². The molecule has 3 aromatic rings. The number of carbonyl (C=O) groups is 1. The van der Waals surface area contributed by atoms with E-state index in [9.17, 15) is 13.2 Å². The molecule has 2 N–H and O–H groups in total. The molecule has 0 bridgehead atoms. The molecule has 0 aliphatic heterocycles. The molecule has 0 saturated heterocycles. The summed E-state index contributed by atoms with van der Waals surface area (Å²) in [7, 11) is -3.33. The summed E-state index contributed by atoms with van der Waals surface area (Å²) in [5.41, 5.74) is 7.35. The fourth-order valence-corrected chi connectivity index (χ4v) is 3.21. The van der Waals surface area contributed by atoms with Crippen LogP contribution in [-0.4, -0.2) is 35.5 Å². The predicted octanol–water partition coefficient (Wildman–Crippen LogP) is 2.54. The topological polar surface area (TPSA) is 125 Å². The average molecular weight is 412 g/mol. The zero-order valence-corrected chi connectivity index (χ0v) is 16.6. The summed E-state index contributed by atoms with van der Waals surface area (Å²) in [4.78, 5) is 23.5. The average Bonchev–Trinajstić information content (AvgIpc) is 2.68. The Hall–Kier alpha value is -3.33. The van der Waals surface area contributed by atoms with Gasteiger partial charge in [-0.1, -0.05) is 12.1 Å². The summed E-state index contributed by atoms with van der Waals surface area (Å²) >= 11 is 0. The summed E-state index contributed by atoms with van der Waals surface area (Å²) in [5, 5.41) is 0. The highest BCUT2D eigenvalue weighted by molar-refractivity contribution is 7.90. The van der Waals surface area contributed by atoms with Crippen LogP contribution in [0, 0.1) is 0 Å². The SMILES string of the molecule is CS(=O)(=O)c1cncc(-c2ccc(Oc3cncc(CCCC(N)=O)n3)cc2)c1. The number of carbonyl (C=O) groups excluding carboxylic acids is 1.